The zero-order valence-corrected chi connectivity index (χ0v) is 10.5. The van der Waals surface area contributed by atoms with Gasteiger partial charge in [-0.25, -0.2) is 4.79 Å². The van der Waals surface area contributed by atoms with Gasteiger partial charge in [-0.1, -0.05) is 36.4 Å². The van der Waals surface area contributed by atoms with E-state index in [2.05, 4.69) is 0 Å². The van der Waals surface area contributed by atoms with Crippen LogP contribution in [0, 0.1) is 5.92 Å². The van der Waals surface area contributed by atoms with Crippen LogP contribution in [0.25, 0.3) is 6.08 Å². The topological polar surface area (TPSA) is 46.5 Å². The van der Waals surface area contributed by atoms with Crippen LogP contribution in [0.4, 0.5) is 0 Å². The first-order chi connectivity index (χ1) is 8.43. The summed E-state index contributed by atoms with van der Waals surface area (Å²) in [7, 11) is 0. The molecule has 3 heteroatoms. The number of carbonyl (C=O) groups is 1. The van der Waals surface area contributed by atoms with Gasteiger partial charge in [0.05, 0.1) is 5.92 Å². The van der Waals surface area contributed by atoms with Gasteiger partial charge in [0.2, 0.25) is 0 Å². The monoisotopic (exact) mass is 244 g/mol. The molecule has 1 aromatic carbocycles. The lowest BCUT2D eigenvalue weighted by atomic mass is 9.77. The number of cyclic esters (lactones) is 1. The first kappa shape index (κ1) is 11.5. The minimum Gasteiger partial charge on any atom is -0.457 e. The summed E-state index contributed by atoms with van der Waals surface area (Å²) in [6.45, 7) is 3.68. The normalized spacial score (nSPS) is 32.4. The molecule has 1 saturated heterocycles. The molecule has 0 spiro atoms. The molecule has 1 fully saturated rings. The minimum absolute atomic E-state index is 0.309. The molecule has 0 unspecified atom stereocenters. The van der Waals surface area contributed by atoms with E-state index in [1.165, 1.54) is 0 Å². The van der Waals surface area contributed by atoms with Crippen molar-refractivity contribution < 1.29 is 14.6 Å². The van der Waals surface area contributed by atoms with E-state index in [-0.39, 0.29) is 5.92 Å². The molecule has 1 aliphatic carbocycles. The first-order valence-electron chi connectivity index (χ1n) is 6.15. The molecule has 0 amide bonds. The van der Waals surface area contributed by atoms with Crippen LogP contribution in [0.5, 0.6) is 0 Å². The number of hydrogen-bond acceptors (Lipinski definition) is 3. The highest BCUT2D eigenvalue weighted by atomic mass is 16.6. The Morgan fingerprint density at radius 3 is 2.83 bits per heavy atom. The Morgan fingerprint density at radius 2 is 2.06 bits per heavy atom. The molecule has 0 saturated carbocycles. The van der Waals surface area contributed by atoms with Gasteiger partial charge in [0.15, 0.2) is 5.60 Å². The number of fused-ring (bicyclic) bond motifs is 2. The number of carbonyl (C=O) groups excluding carboxylic acids is 1. The lowest BCUT2D eigenvalue weighted by Crippen LogP contribution is -2.44. The van der Waals surface area contributed by atoms with Crippen LogP contribution in [-0.4, -0.2) is 22.3 Å². The van der Waals surface area contributed by atoms with E-state index in [1.807, 2.05) is 50.3 Å². The smallest absolute Gasteiger partial charge is 0.339 e. The molecule has 3 rings (SSSR count). The largest absolute Gasteiger partial charge is 0.457 e. The van der Waals surface area contributed by atoms with Crippen LogP contribution in [0.1, 0.15) is 25.0 Å². The first-order valence-corrected chi connectivity index (χ1v) is 6.15. The number of esters is 1. The Bertz CT molecular complexity index is 544. The molecule has 1 N–H and O–H groups in total. The Balaban J connectivity index is 2.14. The van der Waals surface area contributed by atoms with Crippen molar-refractivity contribution in [3.05, 3.63) is 41.5 Å². The van der Waals surface area contributed by atoms with Crippen molar-refractivity contribution in [1.29, 1.82) is 0 Å². The third-order valence-corrected chi connectivity index (χ3v) is 3.96. The molecular weight excluding hydrogens is 228 g/mol. The molecule has 1 heterocycles. The standard InChI is InChI=1S/C15H16O3/c1-14(2)12-8-7-10-5-3-4-6-11(10)9-15(12,17)13(16)18-14/h3-8,12,17H,9H2,1-2H3/t12-,15-/m0/s1. The predicted molar refractivity (Wildman–Crippen MR) is 67.8 cm³/mol. The second kappa shape index (κ2) is 3.45. The molecule has 94 valence electrons. The van der Waals surface area contributed by atoms with Crippen LogP contribution in [0.3, 0.4) is 0 Å². The van der Waals surface area contributed by atoms with Gasteiger partial charge in [0, 0.05) is 6.42 Å². The van der Waals surface area contributed by atoms with Crippen molar-refractivity contribution in [1.82, 2.24) is 0 Å². The second-order valence-corrected chi connectivity index (χ2v) is 5.63. The molecule has 1 aliphatic heterocycles. The second-order valence-electron chi connectivity index (χ2n) is 5.63. The van der Waals surface area contributed by atoms with Crippen molar-refractivity contribution in [3.63, 3.8) is 0 Å². The molecule has 18 heavy (non-hydrogen) atoms. The summed E-state index contributed by atoms with van der Waals surface area (Å²) < 4.78 is 5.33. The van der Waals surface area contributed by atoms with Crippen molar-refractivity contribution in [2.45, 2.75) is 31.5 Å². The van der Waals surface area contributed by atoms with E-state index < -0.39 is 17.2 Å². The average Bonchev–Trinajstić information content (AvgIpc) is 2.43. The maximum absolute atomic E-state index is 12.0. The number of rotatable bonds is 0. The molecular formula is C15H16O3. The summed E-state index contributed by atoms with van der Waals surface area (Å²) in [5, 5.41) is 10.7. The van der Waals surface area contributed by atoms with Gasteiger partial charge in [-0.2, -0.15) is 0 Å². The molecule has 0 bridgehead atoms. The Labute approximate surface area is 106 Å². The van der Waals surface area contributed by atoms with Gasteiger partial charge in [-0.15, -0.1) is 0 Å². The summed E-state index contributed by atoms with van der Waals surface area (Å²) in [5.41, 5.74) is -0.0610. The highest BCUT2D eigenvalue weighted by Gasteiger charge is 2.59. The third kappa shape index (κ3) is 1.44. The number of hydrogen-bond donors (Lipinski definition) is 1. The van der Waals surface area contributed by atoms with Crippen molar-refractivity contribution in [3.8, 4) is 0 Å². The Morgan fingerprint density at radius 1 is 1.33 bits per heavy atom. The molecule has 2 atom stereocenters. The Hall–Kier alpha value is -1.61. The van der Waals surface area contributed by atoms with Crippen LogP contribution in [0.15, 0.2) is 30.3 Å². The number of ether oxygens (including phenoxy) is 1. The molecule has 3 nitrogen and oxygen atoms in total. The molecule has 0 aromatic heterocycles. The van der Waals surface area contributed by atoms with Gasteiger partial charge in [-0.05, 0) is 25.0 Å². The predicted octanol–water partition coefficient (Wildman–Crippen LogP) is 1.94. The number of benzene rings is 1. The van der Waals surface area contributed by atoms with E-state index in [0.717, 1.165) is 11.1 Å². The van der Waals surface area contributed by atoms with E-state index in [0.29, 0.717) is 6.42 Å². The lowest BCUT2D eigenvalue weighted by molar-refractivity contribution is -0.157. The van der Waals surface area contributed by atoms with Gasteiger partial charge in [0.25, 0.3) is 0 Å². The van der Waals surface area contributed by atoms with E-state index in [1.54, 1.807) is 0 Å². The zero-order chi connectivity index (χ0) is 13.0. The van der Waals surface area contributed by atoms with Gasteiger partial charge in [-0.3, -0.25) is 0 Å². The molecule has 2 aliphatic rings. The van der Waals surface area contributed by atoms with Gasteiger partial charge in [0.1, 0.15) is 5.60 Å². The summed E-state index contributed by atoms with van der Waals surface area (Å²) in [6, 6.07) is 7.81. The van der Waals surface area contributed by atoms with E-state index in [4.69, 9.17) is 4.74 Å². The number of aliphatic hydroxyl groups is 1. The van der Waals surface area contributed by atoms with Crippen LogP contribution < -0.4 is 0 Å². The minimum atomic E-state index is -1.44. The summed E-state index contributed by atoms with van der Waals surface area (Å²) >= 11 is 0. The van der Waals surface area contributed by atoms with E-state index >= 15 is 0 Å². The fourth-order valence-corrected chi connectivity index (χ4v) is 3.01. The van der Waals surface area contributed by atoms with Crippen molar-refractivity contribution in [2.24, 2.45) is 5.92 Å². The summed E-state index contributed by atoms with van der Waals surface area (Å²) in [6.07, 6.45) is 4.18. The van der Waals surface area contributed by atoms with Gasteiger partial charge >= 0.3 is 5.97 Å². The third-order valence-electron chi connectivity index (χ3n) is 3.96. The van der Waals surface area contributed by atoms with Crippen LogP contribution in [0.2, 0.25) is 0 Å². The highest BCUT2D eigenvalue weighted by molar-refractivity contribution is 5.85. The van der Waals surface area contributed by atoms with Crippen LogP contribution in [-0.2, 0) is 16.0 Å². The summed E-state index contributed by atoms with van der Waals surface area (Å²) in [5.74, 6) is -0.830. The Kier molecular flexibility index (Phi) is 2.20. The highest BCUT2D eigenvalue weighted by Crippen LogP contribution is 2.44. The van der Waals surface area contributed by atoms with E-state index in [9.17, 15) is 9.90 Å². The SMILES string of the molecule is CC1(C)OC(=O)[C@]2(O)Cc3ccccc3C=C[C@@H]12. The van der Waals surface area contributed by atoms with Crippen molar-refractivity contribution in [2.75, 3.05) is 0 Å². The van der Waals surface area contributed by atoms with Crippen LogP contribution >= 0.6 is 0 Å². The maximum Gasteiger partial charge on any atom is 0.339 e. The quantitative estimate of drug-likeness (QED) is 0.709. The average molecular weight is 244 g/mol. The molecule has 1 aromatic rings. The maximum atomic E-state index is 12.0. The van der Waals surface area contributed by atoms with Gasteiger partial charge < -0.3 is 9.84 Å². The lowest BCUT2D eigenvalue weighted by Gasteiger charge is -2.27. The fraction of sp³-hybridized carbons (Fsp3) is 0.400. The van der Waals surface area contributed by atoms with Crippen molar-refractivity contribution >= 4 is 12.0 Å². The fourth-order valence-electron chi connectivity index (χ4n) is 3.01. The summed E-state index contributed by atoms with van der Waals surface area (Å²) in [4.78, 5) is 12.0. The zero-order valence-electron chi connectivity index (χ0n) is 10.5. The molecule has 0 radical (unpaired) electrons.